The Balaban J connectivity index is 0.000000164. The lowest BCUT2D eigenvalue weighted by Crippen LogP contribution is -2.50. The molecular weight excluding hydrogens is 1130 g/mol. The summed E-state index contributed by atoms with van der Waals surface area (Å²) in [6, 6.07) is 17.9. The third kappa shape index (κ3) is 14.4. The number of likely N-dealkylation sites (tertiary alicyclic amines) is 1. The highest BCUT2D eigenvalue weighted by molar-refractivity contribution is 6.31. The van der Waals surface area contributed by atoms with Crippen LogP contribution >= 0.6 is 23.2 Å². The van der Waals surface area contributed by atoms with Crippen LogP contribution in [0.3, 0.4) is 0 Å². The van der Waals surface area contributed by atoms with Crippen LogP contribution in [0.2, 0.25) is 10.0 Å². The molecule has 6 aliphatic rings. The zero-order valence-electron chi connectivity index (χ0n) is 49.6. The van der Waals surface area contributed by atoms with Crippen LogP contribution in [0, 0.1) is 0 Å². The zero-order valence-corrected chi connectivity index (χ0v) is 51.1. The monoisotopic (exact) mass is 1210 g/mol. The Hall–Kier alpha value is -7.50. The first-order valence-electron chi connectivity index (χ1n) is 29.7. The average Bonchev–Trinajstić information content (AvgIpc) is 2.27. The molecule has 6 aromatic rings. The minimum Gasteiger partial charge on any atom is -0.478 e. The summed E-state index contributed by atoms with van der Waals surface area (Å²) in [5.41, 5.74) is 15.2. The van der Waals surface area contributed by atoms with Gasteiger partial charge in [-0.25, -0.2) is 24.4 Å². The number of fused-ring (bicyclic) bond motifs is 2. The second-order valence-electron chi connectivity index (χ2n) is 24.5. The van der Waals surface area contributed by atoms with Gasteiger partial charge in [0.05, 0.1) is 34.6 Å². The largest absolute Gasteiger partial charge is 0.478 e. The van der Waals surface area contributed by atoms with Gasteiger partial charge in [0.15, 0.2) is 11.3 Å². The molecule has 23 nitrogen and oxygen atoms in total. The highest BCUT2D eigenvalue weighted by atomic mass is 35.5. The molecule has 6 fully saturated rings. The summed E-state index contributed by atoms with van der Waals surface area (Å²) in [5.74, 6) is 2.74. The minimum atomic E-state index is -1.06. The van der Waals surface area contributed by atoms with E-state index in [2.05, 4.69) is 43.1 Å². The normalized spacial score (nSPS) is 19.3. The lowest BCUT2D eigenvalue weighted by Gasteiger charge is -2.37. The summed E-state index contributed by atoms with van der Waals surface area (Å²) in [6.45, 7) is 22.2. The zero-order chi connectivity index (χ0) is 60.3. The molecule has 25 heteroatoms. The van der Waals surface area contributed by atoms with Gasteiger partial charge in [-0.05, 0) is 129 Å². The van der Waals surface area contributed by atoms with Crippen molar-refractivity contribution in [1.82, 2.24) is 49.2 Å². The first-order chi connectivity index (χ1) is 40.5. The number of hydrogen-bond acceptors (Lipinski definition) is 17. The fourth-order valence-electron chi connectivity index (χ4n) is 11.2. The number of hydrogen-bond donors (Lipinski definition) is 4. The van der Waals surface area contributed by atoms with Crippen LogP contribution in [0.4, 0.5) is 44.2 Å². The number of carboxylic acids is 1. The number of benzene rings is 2. The van der Waals surface area contributed by atoms with Crippen molar-refractivity contribution in [1.29, 1.82) is 0 Å². The Kier molecular flexibility index (Phi) is 18.3. The fourth-order valence-corrected chi connectivity index (χ4v) is 11.5. The molecule has 3 amide bonds. The SMILES string of the molecule is CC(C)(C)OC(=O)N1CCN(c2cc(N3CCC3)nc3cc([C@@H]4CCCCN4)nn23)CC1.CC(C)(C)OC(=O)N1CCN(c2cc(N3CCC3)nc3cc([C@@H]4CCCCN4C(=O)c4cc(Cl)ccc4N)nn23)CC1.Nc1ccc(Cl)cc1C(=O)O. The van der Waals surface area contributed by atoms with Crippen LogP contribution in [0.15, 0.2) is 60.7 Å². The van der Waals surface area contributed by atoms with Crippen molar-refractivity contribution in [3.63, 3.8) is 0 Å². The quantitative estimate of drug-likeness (QED) is 0.104. The standard InChI is InChI=1S/C30H39ClN8O3.C23H35N7O2.C7H6ClNO2/c1-30(2,3)42-29(41)37-15-13-36(14-16-37)27-19-25(35-10-6-11-35)33-26-18-23(34-39(26)27)24-7-4-5-12-38(24)28(40)21-17-20(31)8-9-22(21)32;1-23(2,3)32-22(31)29-13-11-28(12-14-29)21-16-19(27-9-6-10-27)25-20-15-18(26-30(20)21)17-7-4-5-8-24-17;8-4-1-2-6(9)5(3-4)7(10)11/h8-9,17-19,24H,4-7,10-16,32H2,1-3H3;15-17,24H,4-14H2,1-3H3;1-3H,9H2,(H,10,11)/t24-;17-;/m00./s1. The molecule has 85 heavy (non-hydrogen) atoms. The maximum absolute atomic E-state index is 13.7. The number of carbonyl (C=O) groups is 4. The van der Waals surface area contributed by atoms with E-state index < -0.39 is 17.2 Å². The molecule has 2 atom stereocenters. The lowest BCUT2D eigenvalue weighted by molar-refractivity contribution is 0.0230. The smallest absolute Gasteiger partial charge is 0.410 e. The summed E-state index contributed by atoms with van der Waals surface area (Å²) in [7, 11) is 0. The number of halogens is 2. The first-order valence-corrected chi connectivity index (χ1v) is 30.5. The topological polar surface area (TPSA) is 254 Å². The number of aromatic nitrogens is 6. The number of nitrogens with two attached hydrogens (primary N) is 2. The van der Waals surface area contributed by atoms with Gasteiger partial charge in [0.1, 0.15) is 34.5 Å². The highest BCUT2D eigenvalue weighted by Gasteiger charge is 2.35. The highest BCUT2D eigenvalue weighted by Crippen LogP contribution is 2.36. The van der Waals surface area contributed by atoms with E-state index in [1.165, 1.54) is 31.4 Å². The van der Waals surface area contributed by atoms with Gasteiger partial charge >= 0.3 is 18.2 Å². The Labute approximate surface area is 506 Å². The number of carbonyl (C=O) groups excluding carboxylic acids is 3. The number of carboxylic acid groups (broad SMARTS) is 1. The third-order valence-corrected chi connectivity index (χ3v) is 16.4. The number of piperidine rings is 2. The van der Waals surface area contributed by atoms with E-state index in [9.17, 15) is 19.2 Å². The van der Waals surface area contributed by atoms with E-state index in [4.69, 9.17) is 69.4 Å². The molecule has 6 N–H and O–H groups in total. The van der Waals surface area contributed by atoms with Gasteiger partial charge in [0.25, 0.3) is 5.91 Å². The van der Waals surface area contributed by atoms with E-state index >= 15 is 0 Å². The molecular formula is C60H80Cl2N16O7. The number of ether oxygens (including phenoxy) is 2. The van der Waals surface area contributed by atoms with Crippen molar-refractivity contribution >= 4 is 93.2 Å². The molecule has 456 valence electrons. The molecule has 0 radical (unpaired) electrons. The van der Waals surface area contributed by atoms with Gasteiger partial charge in [-0.3, -0.25) is 4.79 Å². The number of amides is 3. The lowest BCUT2D eigenvalue weighted by atomic mass is 9.98. The Morgan fingerprint density at radius 2 is 1.02 bits per heavy atom. The van der Waals surface area contributed by atoms with E-state index in [1.54, 1.807) is 34.1 Å². The Morgan fingerprint density at radius 1 is 0.553 bits per heavy atom. The Morgan fingerprint density at radius 3 is 1.47 bits per heavy atom. The van der Waals surface area contributed by atoms with Crippen molar-refractivity contribution in [2.24, 2.45) is 0 Å². The van der Waals surface area contributed by atoms with E-state index in [-0.39, 0.29) is 35.4 Å². The van der Waals surface area contributed by atoms with Crippen LogP contribution in [0.5, 0.6) is 0 Å². The van der Waals surface area contributed by atoms with Crippen LogP contribution in [-0.2, 0) is 9.47 Å². The van der Waals surface area contributed by atoms with Gasteiger partial charge in [-0.1, -0.05) is 29.6 Å². The van der Waals surface area contributed by atoms with Crippen LogP contribution in [0.1, 0.15) is 137 Å². The molecule has 0 unspecified atom stereocenters. The number of nitrogen functional groups attached to an aromatic ring is 2. The van der Waals surface area contributed by atoms with Crippen molar-refractivity contribution in [2.45, 2.75) is 116 Å². The second-order valence-corrected chi connectivity index (χ2v) is 25.4. The van der Waals surface area contributed by atoms with Crippen LogP contribution < -0.4 is 36.4 Å². The molecule has 0 saturated carbocycles. The summed E-state index contributed by atoms with van der Waals surface area (Å²) < 4.78 is 15.0. The molecule has 4 aromatic heterocycles. The number of aromatic carboxylic acids is 1. The van der Waals surface area contributed by atoms with Crippen molar-refractivity contribution in [2.75, 3.05) is 123 Å². The molecule has 2 aromatic carbocycles. The van der Waals surface area contributed by atoms with E-state index in [0.717, 1.165) is 124 Å². The van der Waals surface area contributed by atoms with Gasteiger partial charge in [0, 0.05) is 131 Å². The Bertz CT molecular complexity index is 3390. The van der Waals surface area contributed by atoms with Gasteiger partial charge in [0.2, 0.25) is 0 Å². The number of piperazine rings is 2. The molecule has 0 bridgehead atoms. The number of nitrogens with one attached hydrogen (secondary N) is 1. The predicted octanol–water partition coefficient (Wildman–Crippen LogP) is 9.03. The maximum Gasteiger partial charge on any atom is 0.410 e. The van der Waals surface area contributed by atoms with Crippen LogP contribution in [-0.4, -0.2) is 176 Å². The van der Waals surface area contributed by atoms with Gasteiger partial charge < -0.3 is 65.7 Å². The van der Waals surface area contributed by atoms with Crippen LogP contribution in [0.25, 0.3) is 11.3 Å². The fraction of sp³-hybridized carbons (Fsp3) is 0.533. The maximum atomic E-state index is 13.7. The summed E-state index contributed by atoms with van der Waals surface area (Å²) in [5, 5.41) is 23.1. The van der Waals surface area contributed by atoms with Crippen molar-refractivity contribution < 1.29 is 33.8 Å². The summed E-state index contributed by atoms with van der Waals surface area (Å²) in [4.78, 5) is 73.8. The molecule has 0 spiro atoms. The molecule has 6 saturated heterocycles. The summed E-state index contributed by atoms with van der Waals surface area (Å²) >= 11 is 11.8. The summed E-state index contributed by atoms with van der Waals surface area (Å²) in [6.07, 6.45) is 8.15. The minimum absolute atomic E-state index is 0.0394. The average molecular weight is 1210 g/mol. The van der Waals surface area contributed by atoms with Gasteiger partial charge in [-0.15, -0.1) is 0 Å². The molecule has 6 aliphatic heterocycles. The van der Waals surface area contributed by atoms with Crippen molar-refractivity contribution in [3.8, 4) is 0 Å². The van der Waals surface area contributed by atoms with Gasteiger partial charge in [-0.2, -0.15) is 19.2 Å². The number of anilines is 6. The third-order valence-electron chi connectivity index (χ3n) is 16.0. The molecule has 10 heterocycles. The van der Waals surface area contributed by atoms with E-state index in [0.29, 0.717) is 73.2 Å². The van der Waals surface area contributed by atoms with E-state index in [1.807, 2.05) is 61.5 Å². The number of rotatable bonds is 8. The first kappa shape index (κ1) is 60.6. The predicted molar refractivity (Wildman–Crippen MR) is 331 cm³/mol. The number of nitrogens with zero attached hydrogens (tertiary/aromatic N) is 13. The second kappa shape index (κ2) is 25.6. The molecule has 12 rings (SSSR count). The molecule has 0 aliphatic carbocycles. The van der Waals surface area contributed by atoms with Crippen molar-refractivity contribution in [3.05, 3.63) is 93.2 Å².